The first kappa shape index (κ1) is 15.8. The van der Waals surface area contributed by atoms with Crippen molar-refractivity contribution in [3.8, 4) is 0 Å². The molecule has 0 aromatic heterocycles. The molecule has 0 aromatic rings. The Kier molecular flexibility index (Phi) is 5.58. The summed E-state index contributed by atoms with van der Waals surface area (Å²) in [7, 11) is 0. The van der Waals surface area contributed by atoms with Crippen LogP contribution in [0.1, 0.15) is 71.1 Å². The Hall–Kier alpha value is -0.120. The van der Waals surface area contributed by atoms with Crippen molar-refractivity contribution in [3.05, 3.63) is 0 Å². The quantitative estimate of drug-likeness (QED) is 0.861. The standard InChI is InChI=1S/C18H34N2O/c1-16-14-19-18(10-6-3-7-11-18)15-20(16)12-13-21-17-8-4-2-5-9-17/h16-17,19H,2-15H2,1H3. The number of hydrogen-bond acceptors (Lipinski definition) is 3. The third-order valence-electron chi connectivity index (χ3n) is 6.00. The Labute approximate surface area is 130 Å². The predicted octanol–water partition coefficient (Wildman–Crippen LogP) is 3.33. The van der Waals surface area contributed by atoms with Crippen molar-refractivity contribution in [1.82, 2.24) is 10.2 Å². The first-order chi connectivity index (χ1) is 10.3. The summed E-state index contributed by atoms with van der Waals surface area (Å²) in [5.74, 6) is 0. The molecule has 1 aliphatic heterocycles. The molecule has 21 heavy (non-hydrogen) atoms. The van der Waals surface area contributed by atoms with Crippen molar-refractivity contribution in [2.75, 3.05) is 26.2 Å². The summed E-state index contributed by atoms with van der Waals surface area (Å²) in [4.78, 5) is 2.69. The smallest absolute Gasteiger partial charge is 0.0597 e. The van der Waals surface area contributed by atoms with Crippen LogP contribution in [-0.2, 0) is 4.74 Å². The number of nitrogens with one attached hydrogen (secondary N) is 1. The lowest BCUT2D eigenvalue weighted by molar-refractivity contribution is -0.00658. The number of hydrogen-bond donors (Lipinski definition) is 1. The molecule has 3 aliphatic rings. The van der Waals surface area contributed by atoms with E-state index in [1.165, 1.54) is 70.8 Å². The van der Waals surface area contributed by atoms with E-state index in [-0.39, 0.29) is 0 Å². The topological polar surface area (TPSA) is 24.5 Å². The molecule has 3 fully saturated rings. The van der Waals surface area contributed by atoms with Crippen LogP contribution >= 0.6 is 0 Å². The summed E-state index contributed by atoms with van der Waals surface area (Å²) in [5, 5.41) is 3.87. The average Bonchev–Trinajstić information content (AvgIpc) is 2.53. The second-order valence-corrected chi connectivity index (χ2v) is 7.67. The highest BCUT2D eigenvalue weighted by Crippen LogP contribution is 2.31. The van der Waals surface area contributed by atoms with Gasteiger partial charge in [-0.1, -0.05) is 38.5 Å². The van der Waals surface area contributed by atoms with Gasteiger partial charge in [-0.3, -0.25) is 4.90 Å². The van der Waals surface area contributed by atoms with Gasteiger partial charge in [-0.15, -0.1) is 0 Å². The van der Waals surface area contributed by atoms with Crippen LogP contribution in [0.3, 0.4) is 0 Å². The molecule has 3 rings (SSSR count). The van der Waals surface area contributed by atoms with E-state index in [0.29, 0.717) is 17.7 Å². The third-order valence-corrected chi connectivity index (χ3v) is 6.00. The zero-order chi connectivity index (χ0) is 14.5. The Morgan fingerprint density at radius 1 is 1.05 bits per heavy atom. The summed E-state index contributed by atoms with van der Waals surface area (Å²) in [5.41, 5.74) is 0.426. The zero-order valence-electron chi connectivity index (χ0n) is 13.9. The van der Waals surface area contributed by atoms with Crippen molar-refractivity contribution in [2.45, 2.75) is 88.8 Å². The van der Waals surface area contributed by atoms with Crippen molar-refractivity contribution in [1.29, 1.82) is 0 Å². The summed E-state index contributed by atoms with van der Waals surface area (Å²) in [6.07, 6.45) is 14.3. The van der Waals surface area contributed by atoms with Crippen molar-refractivity contribution >= 4 is 0 Å². The fourth-order valence-electron chi connectivity index (χ4n) is 4.53. The number of nitrogens with zero attached hydrogens (tertiary/aromatic N) is 1. The van der Waals surface area contributed by atoms with E-state index in [1.807, 2.05) is 0 Å². The maximum Gasteiger partial charge on any atom is 0.0597 e. The normalized spacial score (nSPS) is 31.6. The molecule has 3 nitrogen and oxygen atoms in total. The lowest BCUT2D eigenvalue weighted by atomic mass is 9.79. The molecule has 122 valence electrons. The largest absolute Gasteiger partial charge is 0.377 e. The molecule has 0 radical (unpaired) electrons. The van der Waals surface area contributed by atoms with E-state index in [2.05, 4.69) is 17.1 Å². The first-order valence-corrected chi connectivity index (χ1v) is 9.38. The fourth-order valence-corrected chi connectivity index (χ4v) is 4.53. The van der Waals surface area contributed by atoms with E-state index in [4.69, 9.17) is 4.74 Å². The average molecular weight is 294 g/mol. The number of ether oxygens (including phenoxy) is 1. The predicted molar refractivity (Wildman–Crippen MR) is 87.7 cm³/mol. The molecule has 1 heterocycles. The molecule has 0 bridgehead atoms. The van der Waals surface area contributed by atoms with Crippen LogP contribution in [0.5, 0.6) is 0 Å². The highest BCUT2D eigenvalue weighted by Gasteiger charge is 2.38. The van der Waals surface area contributed by atoms with Gasteiger partial charge in [0.25, 0.3) is 0 Å². The second-order valence-electron chi connectivity index (χ2n) is 7.67. The van der Waals surface area contributed by atoms with E-state index < -0.39 is 0 Å². The minimum Gasteiger partial charge on any atom is -0.377 e. The van der Waals surface area contributed by atoms with Crippen LogP contribution in [0, 0.1) is 0 Å². The monoisotopic (exact) mass is 294 g/mol. The highest BCUT2D eigenvalue weighted by atomic mass is 16.5. The van der Waals surface area contributed by atoms with Crippen LogP contribution in [-0.4, -0.2) is 48.8 Å². The van der Waals surface area contributed by atoms with Gasteiger partial charge in [0.1, 0.15) is 0 Å². The minimum atomic E-state index is 0.426. The van der Waals surface area contributed by atoms with Gasteiger partial charge in [0, 0.05) is 31.2 Å². The van der Waals surface area contributed by atoms with Gasteiger partial charge in [-0.2, -0.15) is 0 Å². The molecule has 2 saturated carbocycles. The maximum absolute atomic E-state index is 6.15. The summed E-state index contributed by atoms with van der Waals surface area (Å²) in [6.45, 7) is 6.82. The van der Waals surface area contributed by atoms with Gasteiger partial charge in [0.2, 0.25) is 0 Å². The molecular formula is C18H34N2O. The Morgan fingerprint density at radius 3 is 2.52 bits per heavy atom. The molecule has 1 N–H and O–H groups in total. The molecule has 1 spiro atoms. The maximum atomic E-state index is 6.15. The molecule has 1 unspecified atom stereocenters. The molecule has 0 aromatic carbocycles. The van der Waals surface area contributed by atoms with Gasteiger partial charge in [0.15, 0.2) is 0 Å². The molecular weight excluding hydrogens is 260 g/mol. The number of piperazine rings is 1. The van der Waals surface area contributed by atoms with Crippen LogP contribution in [0.2, 0.25) is 0 Å². The molecule has 1 saturated heterocycles. The van der Waals surface area contributed by atoms with E-state index in [1.54, 1.807) is 0 Å². The number of rotatable bonds is 4. The summed E-state index contributed by atoms with van der Waals surface area (Å²) in [6, 6.07) is 0.660. The lowest BCUT2D eigenvalue weighted by Crippen LogP contribution is -2.64. The van der Waals surface area contributed by atoms with Crippen molar-refractivity contribution in [2.24, 2.45) is 0 Å². The van der Waals surface area contributed by atoms with Gasteiger partial charge in [-0.05, 0) is 32.6 Å². The molecule has 2 aliphatic carbocycles. The van der Waals surface area contributed by atoms with Crippen LogP contribution in [0.4, 0.5) is 0 Å². The SMILES string of the molecule is CC1CNC2(CCCCC2)CN1CCOC1CCCCC1. The summed E-state index contributed by atoms with van der Waals surface area (Å²) < 4.78 is 6.15. The summed E-state index contributed by atoms with van der Waals surface area (Å²) >= 11 is 0. The Bertz CT molecular complexity index is 308. The molecule has 0 amide bonds. The zero-order valence-corrected chi connectivity index (χ0v) is 13.9. The van der Waals surface area contributed by atoms with Gasteiger partial charge in [-0.25, -0.2) is 0 Å². The molecule has 1 atom stereocenters. The van der Waals surface area contributed by atoms with E-state index >= 15 is 0 Å². The lowest BCUT2D eigenvalue weighted by Gasteiger charge is -2.49. The Balaban J connectivity index is 1.44. The van der Waals surface area contributed by atoms with Gasteiger partial charge in [0.05, 0.1) is 12.7 Å². The minimum absolute atomic E-state index is 0.426. The van der Waals surface area contributed by atoms with Crippen LogP contribution in [0.25, 0.3) is 0 Å². The van der Waals surface area contributed by atoms with Crippen molar-refractivity contribution < 1.29 is 4.74 Å². The Morgan fingerprint density at radius 2 is 1.76 bits per heavy atom. The van der Waals surface area contributed by atoms with Crippen LogP contribution in [0.15, 0.2) is 0 Å². The third kappa shape index (κ3) is 4.20. The highest BCUT2D eigenvalue weighted by molar-refractivity contribution is 4.98. The second kappa shape index (κ2) is 7.43. The van der Waals surface area contributed by atoms with E-state index in [0.717, 1.165) is 19.7 Å². The molecule has 3 heteroatoms. The first-order valence-electron chi connectivity index (χ1n) is 9.38. The fraction of sp³-hybridized carbons (Fsp3) is 1.00. The van der Waals surface area contributed by atoms with Crippen molar-refractivity contribution in [3.63, 3.8) is 0 Å². The van der Waals surface area contributed by atoms with E-state index in [9.17, 15) is 0 Å². The van der Waals surface area contributed by atoms with Gasteiger partial charge >= 0.3 is 0 Å². The van der Waals surface area contributed by atoms with Gasteiger partial charge < -0.3 is 10.1 Å². The van der Waals surface area contributed by atoms with Crippen LogP contribution < -0.4 is 5.32 Å².